The second-order valence-corrected chi connectivity index (χ2v) is 4.58. The SMILES string of the molecule is COCCOCC(=O)N[C@@H](Cc1ccc(Cl)nc1)C(=O)O. The zero-order valence-corrected chi connectivity index (χ0v) is 12.3. The normalized spacial score (nSPS) is 11.9. The third kappa shape index (κ3) is 7.03. The van der Waals surface area contributed by atoms with Gasteiger partial charge in [0.1, 0.15) is 17.8 Å². The molecule has 1 amide bonds. The van der Waals surface area contributed by atoms with E-state index in [0.29, 0.717) is 17.3 Å². The zero-order valence-electron chi connectivity index (χ0n) is 11.5. The number of ether oxygens (including phenoxy) is 2. The molecule has 0 aromatic carbocycles. The topological polar surface area (TPSA) is 97.8 Å². The highest BCUT2D eigenvalue weighted by Crippen LogP contribution is 2.07. The molecule has 8 heteroatoms. The van der Waals surface area contributed by atoms with Crippen molar-refractivity contribution in [3.8, 4) is 0 Å². The molecule has 1 aromatic rings. The van der Waals surface area contributed by atoms with E-state index in [9.17, 15) is 9.59 Å². The Bertz CT molecular complexity index is 466. The second-order valence-electron chi connectivity index (χ2n) is 4.20. The number of amides is 1. The molecule has 0 aliphatic rings. The van der Waals surface area contributed by atoms with Gasteiger partial charge in [-0.25, -0.2) is 9.78 Å². The van der Waals surface area contributed by atoms with Crippen molar-refractivity contribution in [3.63, 3.8) is 0 Å². The van der Waals surface area contributed by atoms with E-state index in [-0.39, 0.29) is 19.6 Å². The number of hydrogen-bond donors (Lipinski definition) is 2. The van der Waals surface area contributed by atoms with E-state index in [0.717, 1.165) is 0 Å². The third-order valence-corrected chi connectivity index (χ3v) is 2.75. The maximum absolute atomic E-state index is 11.6. The summed E-state index contributed by atoms with van der Waals surface area (Å²) in [5.74, 6) is -1.63. The minimum atomic E-state index is -1.13. The van der Waals surface area contributed by atoms with Crippen LogP contribution in [0.5, 0.6) is 0 Å². The standard InChI is InChI=1S/C13H17ClN2O5/c1-20-4-5-21-8-12(17)16-10(13(18)19)6-9-2-3-11(14)15-7-9/h2-3,7,10H,4-6,8H2,1H3,(H,16,17)(H,18,19)/t10-/m0/s1. The number of aromatic nitrogens is 1. The first-order valence-electron chi connectivity index (χ1n) is 6.22. The number of rotatable bonds is 9. The fraction of sp³-hybridized carbons (Fsp3) is 0.462. The van der Waals surface area contributed by atoms with Gasteiger partial charge in [-0.1, -0.05) is 17.7 Å². The Labute approximate surface area is 127 Å². The Balaban J connectivity index is 2.48. The number of hydrogen-bond acceptors (Lipinski definition) is 5. The largest absolute Gasteiger partial charge is 0.480 e. The van der Waals surface area contributed by atoms with E-state index < -0.39 is 17.9 Å². The van der Waals surface area contributed by atoms with Gasteiger partial charge in [0, 0.05) is 19.7 Å². The van der Waals surface area contributed by atoms with Gasteiger partial charge in [0.25, 0.3) is 0 Å². The number of carboxylic acid groups (broad SMARTS) is 1. The van der Waals surface area contributed by atoms with Gasteiger partial charge >= 0.3 is 5.97 Å². The number of carboxylic acids is 1. The van der Waals surface area contributed by atoms with Crippen LogP contribution in [0.1, 0.15) is 5.56 Å². The summed E-state index contributed by atoms with van der Waals surface area (Å²) in [6.45, 7) is 0.418. The Kier molecular flexibility index (Phi) is 7.66. The van der Waals surface area contributed by atoms with Crippen molar-refractivity contribution in [2.45, 2.75) is 12.5 Å². The van der Waals surface area contributed by atoms with Crippen molar-refractivity contribution < 1.29 is 24.2 Å². The molecule has 1 aromatic heterocycles. The number of nitrogens with one attached hydrogen (secondary N) is 1. The maximum atomic E-state index is 11.6. The molecule has 0 saturated carbocycles. The van der Waals surface area contributed by atoms with Crippen LogP contribution >= 0.6 is 11.6 Å². The molecule has 0 saturated heterocycles. The summed E-state index contributed by atoms with van der Waals surface area (Å²) in [6, 6.07) is 2.17. The molecule has 116 valence electrons. The van der Waals surface area contributed by atoms with Gasteiger partial charge in [-0.15, -0.1) is 0 Å². The number of carbonyl (C=O) groups is 2. The first-order valence-corrected chi connectivity index (χ1v) is 6.60. The fourth-order valence-corrected chi connectivity index (χ4v) is 1.62. The molecule has 0 aliphatic heterocycles. The lowest BCUT2D eigenvalue weighted by Crippen LogP contribution is -2.44. The summed E-state index contributed by atoms with van der Waals surface area (Å²) >= 11 is 5.65. The van der Waals surface area contributed by atoms with Crippen LogP contribution in [0.3, 0.4) is 0 Å². The smallest absolute Gasteiger partial charge is 0.326 e. The minimum absolute atomic E-state index is 0.114. The molecule has 0 radical (unpaired) electrons. The molecular weight excluding hydrogens is 300 g/mol. The number of methoxy groups -OCH3 is 1. The third-order valence-electron chi connectivity index (χ3n) is 2.53. The van der Waals surface area contributed by atoms with Crippen molar-refractivity contribution in [2.24, 2.45) is 0 Å². The van der Waals surface area contributed by atoms with Crippen molar-refractivity contribution >= 4 is 23.5 Å². The monoisotopic (exact) mass is 316 g/mol. The van der Waals surface area contributed by atoms with E-state index in [1.807, 2.05) is 0 Å². The minimum Gasteiger partial charge on any atom is -0.480 e. The van der Waals surface area contributed by atoms with Gasteiger partial charge in [0.05, 0.1) is 13.2 Å². The molecular formula is C13H17ClN2O5. The van der Waals surface area contributed by atoms with Crippen LogP contribution in [0.15, 0.2) is 18.3 Å². The molecule has 21 heavy (non-hydrogen) atoms. The van der Waals surface area contributed by atoms with Crippen LogP contribution in [0.4, 0.5) is 0 Å². The molecule has 1 atom stereocenters. The number of carbonyl (C=O) groups excluding carboxylic acids is 1. The van der Waals surface area contributed by atoms with Crippen LogP contribution in [0, 0.1) is 0 Å². The summed E-state index contributed by atoms with van der Waals surface area (Å²) in [4.78, 5) is 26.6. The Morgan fingerprint density at radius 3 is 2.76 bits per heavy atom. The van der Waals surface area contributed by atoms with Gasteiger partial charge in [0.15, 0.2) is 0 Å². The van der Waals surface area contributed by atoms with E-state index in [1.165, 1.54) is 13.3 Å². The predicted octanol–water partition coefficient (Wildman–Crippen LogP) is 0.510. The van der Waals surface area contributed by atoms with Crippen LogP contribution in [0.2, 0.25) is 5.15 Å². The number of halogens is 1. The molecule has 0 fully saturated rings. The summed E-state index contributed by atoms with van der Waals surface area (Å²) in [6.07, 6.45) is 1.59. The molecule has 7 nitrogen and oxygen atoms in total. The fourth-order valence-electron chi connectivity index (χ4n) is 1.51. The summed E-state index contributed by atoms with van der Waals surface area (Å²) < 4.78 is 9.79. The van der Waals surface area contributed by atoms with Crippen LogP contribution in [-0.2, 0) is 25.5 Å². The van der Waals surface area contributed by atoms with Crippen molar-refractivity contribution in [3.05, 3.63) is 29.0 Å². The Hall–Kier alpha value is -1.70. The van der Waals surface area contributed by atoms with E-state index in [4.69, 9.17) is 26.2 Å². The first kappa shape index (κ1) is 17.4. The lowest BCUT2D eigenvalue weighted by atomic mass is 10.1. The number of nitrogens with zero attached hydrogens (tertiary/aromatic N) is 1. The zero-order chi connectivity index (χ0) is 15.7. The van der Waals surface area contributed by atoms with Crippen LogP contribution in [-0.4, -0.2) is 54.9 Å². The molecule has 0 unspecified atom stereocenters. The first-order chi connectivity index (χ1) is 10.0. The van der Waals surface area contributed by atoms with Crippen LogP contribution < -0.4 is 5.32 Å². The Morgan fingerprint density at radius 2 is 2.19 bits per heavy atom. The van der Waals surface area contributed by atoms with E-state index in [1.54, 1.807) is 12.1 Å². The number of pyridine rings is 1. The van der Waals surface area contributed by atoms with Gasteiger partial charge in [-0.2, -0.15) is 0 Å². The van der Waals surface area contributed by atoms with Gasteiger partial charge < -0.3 is 19.9 Å². The molecule has 0 bridgehead atoms. The van der Waals surface area contributed by atoms with Gasteiger partial charge in [-0.05, 0) is 11.6 Å². The molecule has 0 spiro atoms. The lowest BCUT2D eigenvalue weighted by molar-refractivity contribution is -0.142. The highest BCUT2D eigenvalue weighted by Gasteiger charge is 2.20. The summed E-state index contributed by atoms with van der Waals surface area (Å²) in [5.41, 5.74) is 0.660. The molecule has 1 rings (SSSR count). The van der Waals surface area contributed by atoms with E-state index >= 15 is 0 Å². The highest BCUT2D eigenvalue weighted by atomic mass is 35.5. The van der Waals surface area contributed by atoms with Crippen LogP contribution in [0.25, 0.3) is 0 Å². The average Bonchev–Trinajstić information content (AvgIpc) is 2.45. The highest BCUT2D eigenvalue weighted by molar-refractivity contribution is 6.29. The summed E-state index contributed by atoms with van der Waals surface area (Å²) in [7, 11) is 1.52. The van der Waals surface area contributed by atoms with Gasteiger partial charge in [0.2, 0.25) is 5.91 Å². The molecule has 0 aliphatic carbocycles. The van der Waals surface area contributed by atoms with E-state index in [2.05, 4.69) is 10.3 Å². The average molecular weight is 317 g/mol. The van der Waals surface area contributed by atoms with Crippen molar-refractivity contribution in [1.82, 2.24) is 10.3 Å². The second kappa shape index (κ2) is 9.28. The quantitative estimate of drug-likeness (QED) is 0.509. The maximum Gasteiger partial charge on any atom is 0.326 e. The lowest BCUT2D eigenvalue weighted by Gasteiger charge is -2.14. The van der Waals surface area contributed by atoms with Crippen molar-refractivity contribution in [2.75, 3.05) is 26.9 Å². The Morgan fingerprint density at radius 1 is 1.43 bits per heavy atom. The summed E-state index contributed by atoms with van der Waals surface area (Å²) in [5, 5.41) is 11.8. The molecule has 1 heterocycles. The number of aliphatic carboxylic acids is 1. The van der Waals surface area contributed by atoms with Gasteiger partial charge in [-0.3, -0.25) is 4.79 Å². The predicted molar refractivity (Wildman–Crippen MR) is 75.2 cm³/mol. The molecule has 2 N–H and O–H groups in total. The van der Waals surface area contributed by atoms with Crippen molar-refractivity contribution in [1.29, 1.82) is 0 Å².